The van der Waals surface area contributed by atoms with E-state index in [1.807, 2.05) is 31.2 Å². The summed E-state index contributed by atoms with van der Waals surface area (Å²) in [6, 6.07) is 18.4. The lowest BCUT2D eigenvalue weighted by atomic mass is 9.98. The molecule has 33 heavy (non-hydrogen) atoms. The summed E-state index contributed by atoms with van der Waals surface area (Å²) in [5.41, 5.74) is 2.03. The van der Waals surface area contributed by atoms with Crippen LogP contribution in [-0.2, 0) is 22.3 Å². The molecule has 1 amide bonds. The molecule has 0 bridgehead atoms. The van der Waals surface area contributed by atoms with Gasteiger partial charge in [-0.15, -0.1) is 0 Å². The molecule has 0 spiro atoms. The van der Waals surface area contributed by atoms with Crippen LogP contribution < -0.4 is 4.90 Å². The fourth-order valence-corrected chi connectivity index (χ4v) is 3.89. The van der Waals surface area contributed by atoms with Gasteiger partial charge >= 0.3 is 12.3 Å². The van der Waals surface area contributed by atoms with E-state index in [0.29, 0.717) is 16.3 Å². The van der Waals surface area contributed by atoms with Crippen LogP contribution in [0.4, 0.5) is 23.7 Å². The molecule has 0 N–H and O–H groups in total. The first-order valence-corrected chi connectivity index (χ1v) is 10.7. The minimum absolute atomic E-state index is 0.0185. The van der Waals surface area contributed by atoms with Crippen molar-refractivity contribution in [2.45, 2.75) is 31.9 Å². The molecule has 2 atom stereocenters. The number of amides is 1. The third kappa shape index (κ3) is 5.31. The minimum Gasteiger partial charge on any atom is -0.441 e. The summed E-state index contributed by atoms with van der Waals surface area (Å²) in [6.07, 6.45) is -5.98. The van der Waals surface area contributed by atoms with Gasteiger partial charge in [-0.25, -0.2) is 4.79 Å². The molecule has 3 aromatic rings. The van der Waals surface area contributed by atoms with Crippen LogP contribution in [-0.4, -0.2) is 18.8 Å². The molecule has 4 rings (SSSR count). The van der Waals surface area contributed by atoms with Crippen molar-refractivity contribution in [3.63, 3.8) is 0 Å². The van der Waals surface area contributed by atoms with Crippen LogP contribution in [0, 0.1) is 6.92 Å². The zero-order valence-corrected chi connectivity index (χ0v) is 18.4. The van der Waals surface area contributed by atoms with Crippen LogP contribution in [0.2, 0.25) is 5.02 Å². The second-order valence-corrected chi connectivity index (χ2v) is 8.27. The molecule has 0 aromatic heterocycles. The number of hydrogen-bond donors (Lipinski definition) is 0. The number of carbonyl (C=O) groups is 1. The fraction of sp³-hybridized carbons (Fsp3) is 0.240. The monoisotopic (exact) mass is 475 g/mol. The Bertz CT molecular complexity index is 1120. The quantitative estimate of drug-likeness (QED) is 0.387. The van der Waals surface area contributed by atoms with Crippen LogP contribution in [0.3, 0.4) is 0 Å². The lowest BCUT2D eigenvalue weighted by Crippen LogP contribution is -2.31. The van der Waals surface area contributed by atoms with Crippen LogP contribution in [0.25, 0.3) is 0 Å². The smallest absolute Gasteiger partial charge is 0.416 e. The van der Waals surface area contributed by atoms with Gasteiger partial charge in [-0.2, -0.15) is 13.2 Å². The summed E-state index contributed by atoms with van der Waals surface area (Å²) in [4.78, 5) is 14.1. The van der Waals surface area contributed by atoms with Gasteiger partial charge in [-0.3, -0.25) is 4.90 Å². The van der Waals surface area contributed by atoms with Crippen LogP contribution in [0.1, 0.15) is 28.3 Å². The average molecular weight is 476 g/mol. The zero-order valence-electron chi connectivity index (χ0n) is 17.7. The van der Waals surface area contributed by atoms with Crippen molar-refractivity contribution in [3.8, 4) is 0 Å². The highest BCUT2D eigenvalue weighted by atomic mass is 35.5. The van der Waals surface area contributed by atoms with Gasteiger partial charge in [-0.05, 0) is 54.4 Å². The number of halogens is 4. The molecular formula is C25H21ClF3NO3. The van der Waals surface area contributed by atoms with Gasteiger partial charge in [0.05, 0.1) is 18.8 Å². The summed E-state index contributed by atoms with van der Waals surface area (Å²) in [5.74, 6) is 0. The number of aryl methyl sites for hydroxylation is 1. The number of benzene rings is 3. The molecule has 0 unspecified atom stereocenters. The first-order chi connectivity index (χ1) is 15.7. The van der Waals surface area contributed by atoms with Crippen molar-refractivity contribution in [2.75, 3.05) is 11.5 Å². The summed E-state index contributed by atoms with van der Waals surface area (Å²) < 4.78 is 51.4. The van der Waals surface area contributed by atoms with E-state index in [0.717, 1.165) is 23.3 Å². The Balaban J connectivity index is 1.62. The highest BCUT2D eigenvalue weighted by Gasteiger charge is 2.44. The highest BCUT2D eigenvalue weighted by Crippen LogP contribution is 2.40. The third-order valence-electron chi connectivity index (χ3n) is 5.41. The number of rotatable bonds is 6. The van der Waals surface area contributed by atoms with Crippen LogP contribution in [0.15, 0.2) is 72.8 Å². The number of hydrogen-bond acceptors (Lipinski definition) is 3. The molecule has 0 radical (unpaired) electrons. The van der Waals surface area contributed by atoms with Crippen LogP contribution in [0.5, 0.6) is 0 Å². The van der Waals surface area contributed by atoms with Gasteiger partial charge in [0.1, 0.15) is 6.04 Å². The number of anilines is 1. The van der Waals surface area contributed by atoms with Crippen molar-refractivity contribution in [1.29, 1.82) is 0 Å². The van der Waals surface area contributed by atoms with Crippen molar-refractivity contribution in [2.24, 2.45) is 0 Å². The Morgan fingerprint density at radius 2 is 1.73 bits per heavy atom. The molecular weight excluding hydrogens is 455 g/mol. The van der Waals surface area contributed by atoms with E-state index < -0.39 is 30.0 Å². The van der Waals surface area contributed by atoms with Gasteiger partial charge in [0.15, 0.2) is 6.10 Å². The van der Waals surface area contributed by atoms with Gasteiger partial charge in [0, 0.05) is 10.7 Å². The second kappa shape index (κ2) is 9.45. The maximum atomic E-state index is 13.4. The first kappa shape index (κ1) is 23.1. The SMILES string of the molecule is Cc1ccc(COC[C@@H]2OC(=O)N(c3ccc(Cl)cc3)[C@H]2c2cccc(C(F)(F)F)c2)cc1. The van der Waals surface area contributed by atoms with Crippen molar-refractivity contribution < 1.29 is 27.4 Å². The van der Waals surface area contributed by atoms with E-state index in [1.54, 1.807) is 30.3 Å². The number of carbonyl (C=O) groups excluding carboxylic acids is 1. The summed E-state index contributed by atoms with van der Waals surface area (Å²) in [7, 11) is 0. The van der Waals surface area contributed by atoms with E-state index >= 15 is 0 Å². The van der Waals surface area contributed by atoms with Gasteiger partial charge in [0.25, 0.3) is 0 Å². The third-order valence-corrected chi connectivity index (χ3v) is 5.66. The maximum Gasteiger partial charge on any atom is 0.416 e. The lowest BCUT2D eigenvalue weighted by molar-refractivity contribution is -0.137. The molecule has 4 nitrogen and oxygen atoms in total. The molecule has 1 saturated heterocycles. The number of nitrogens with zero attached hydrogens (tertiary/aromatic N) is 1. The topological polar surface area (TPSA) is 38.8 Å². The Morgan fingerprint density at radius 1 is 1.03 bits per heavy atom. The van der Waals surface area contributed by atoms with Crippen molar-refractivity contribution >= 4 is 23.4 Å². The average Bonchev–Trinajstić information content (AvgIpc) is 3.11. The Hall–Kier alpha value is -3.03. The Kier molecular flexibility index (Phi) is 6.63. The standard InChI is InChI=1S/C25H21ClF3NO3/c1-16-5-7-17(8-6-16)14-32-15-22-23(18-3-2-4-19(13-18)25(27,28)29)30(24(31)33-22)21-11-9-20(26)10-12-21/h2-13,22-23H,14-15H2,1H3/t22-,23-/m0/s1. The number of ether oxygens (including phenoxy) is 2. The predicted molar refractivity (Wildman–Crippen MR) is 119 cm³/mol. The molecule has 0 saturated carbocycles. The Morgan fingerprint density at radius 3 is 2.39 bits per heavy atom. The maximum absolute atomic E-state index is 13.4. The van der Waals surface area contributed by atoms with E-state index in [2.05, 4.69) is 0 Å². The fourth-order valence-electron chi connectivity index (χ4n) is 3.76. The van der Waals surface area contributed by atoms with Crippen molar-refractivity contribution in [1.82, 2.24) is 0 Å². The zero-order chi connectivity index (χ0) is 23.6. The van der Waals surface area contributed by atoms with Gasteiger partial charge < -0.3 is 9.47 Å². The highest BCUT2D eigenvalue weighted by molar-refractivity contribution is 6.30. The van der Waals surface area contributed by atoms with Crippen LogP contribution >= 0.6 is 11.6 Å². The van der Waals surface area contributed by atoms with E-state index in [4.69, 9.17) is 21.1 Å². The molecule has 1 aliphatic heterocycles. The number of cyclic esters (lactones) is 1. The first-order valence-electron chi connectivity index (χ1n) is 10.3. The molecule has 1 aliphatic rings. The second-order valence-electron chi connectivity index (χ2n) is 7.84. The van der Waals surface area contributed by atoms with E-state index in [9.17, 15) is 18.0 Å². The van der Waals surface area contributed by atoms with Crippen molar-refractivity contribution in [3.05, 3.63) is 100 Å². The van der Waals surface area contributed by atoms with E-state index in [1.165, 1.54) is 11.0 Å². The van der Waals surface area contributed by atoms with Gasteiger partial charge in [-0.1, -0.05) is 53.6 Å². The molecule has 0 aliphatic carbocycles. The largest absolute Gasteiger partial charge is 0.441 e. The minimum atomic E-state index is -4.51. The summed E-state index contributed by atoms with van der Waals surface area (Å²) in [6.45, 7) is 2.28. The number of alkyl halides is 3. The Labute approximate surface area is 194 Å². The molecule has 1 fully saturated rings. The normalized spacial score (nSPS) is 18.5. The molecule has 8 heteroatoms. The molecule has 172 valence electrons. The summed E-state index contributed by atoms with van der Waals surface area (Å²) >= 11 is 5.96. The summed E-state index contributed by atoms with van der Waals surface area (Å²) in [5, 5.41) is 0.472. The molecule has 1 heterocycles. The molecule has 3 aromatic carbocycles. The van der Waals surface area contributed by atoms with Gasteiger partial charge in [0.2, 0.25) is 0 Å². The predicted octanol–water partition coefficient (Wildman–Crippen LogP) is 6.95. The lowest BCUT2D eigenvalue weighted by Gasteiger charge is -2.26. The van der Waals surface area contributed by atoms with E-state index in [-0.39, 0.29) is 13.2 Å².